The molecule has 1 N–H and O–H groups in total. The molecule has 0 aliphatic carbocycles. The molecule has 1 amide bonds. The van der Waals surface area contributed by atoms with Crippen LogP contribution in [-0.4, -0.2) is 40.6 Å². The Kier molecular flexibility index (Phi) is 7.31. The van der Waals surface area contributed by atoms with Crippen LogP contribution in [0.5, 0.6) is 5.75 Å². The van der Waals surface area contributed by atoms with Crippen molar-refractivity contribution in [1.29, 1.82) is 0 Å². The van der Waals surface area contributed by atoms with E-state index in [1.54, 1.807) is 31.0 Å². The highest BCUT2D eigenvalue weighted by molar-refractivity contribution is 7.98. The first-order valence-electron chi connectivity index (χ1n) is 8.43. The fourth-order valence-corrected chi connectivity index (χ4v) is 3.04. The summed E-state index contributed by atoms with van der Waals surface area (Å²) in [6.07, 6.45) is 3.62. The molecule has 136 valence electrons. The van der Waals surface area contributed by atoms with Crippen LogP contribution in [0.1, 0.15) is 36.5 Å². The molecule has 0 radical (unpaired) electrons. The van der Waals surface area contributed by atoms with Gasteiger partial charge in [-0.05, 0) is 36.8 Å². The first-order chi connectivity index (χ1) is 12.0. The van der Waals surface area contributed by atoms with Crippen LogP contribution in [0.2, 0.25) is 0 Å². The highest BCUT2D eigenvalue weighted by Gasteiger charge is 2.12. The van der Waals surface area contributed by atoms with E-state index in [9.17, 15) is 4.79 Å². The van der Waals surface area contributed by atoms with Crippen molar-refractivity contribution in [3.63, 3.8) is 0 Å². The van der Waals surface area contributed by atoms with E-state index in [-0.39, 0.29) is 5.91 Å². The highest BCUT2D eigenvalue weighted by Crippen LogP contribution is 2.17. The maximum absolute atomic E-state index is 12.2. The molecule has 0 atom stereocenters. The normalized spacial score (nSPS) is 10.9. The Bertz CT molecular complexity index is 700. The van der Waals surface area contributed by atoms with Gasteiger partial charge in [0.15, 0.2) is 5.16 Å². The third-order valence-corrected chi connectivity index (χ3v) is 4.39. The molecular formula is C18H26N4O2S. The van der Waals surface area contributed by atoms with Gasteiger partial charge in [0, 0.05) is 25.1 Å². The van der Waals surface area contributed by atoms with E-state index in [0.717, 1.165) is 30.4 Å². The van der Waals surface area contributed by atoms with Crippen molar-refractivity contribution in [1.82, 2.24) is 20.1 Å². The molecule has 25 heavy (non-hydrogen) atoms. The molecule has 2 rings (SSSR count). The summed E-state index contributed by atoms with van der Waals surface area (Å²) >= 11 is 1.61. The van der Waals surface area contributed by atoms with Gasteiger partial charge < -0.3 is 14.6 Å². The van der Waals surface area contributed by atoms with Gasteiger partial charge in [0.25, 0.3) is 5.91 Å². The fraction of sp³-hybridized carbons (Fsp3) is 0.500. The van der Waals surface area contributed by atoms with Gasteiger partial charge in [-0.2, -0.15) is 0 Å². The molecule has 0 aliphatic heterocycles. The lowest BCUT2D eigenvalue weighted by molar-refractivity contribution is 0.0953. The molecule has 0 aliphatic rings. The van der Waals surface area contributed by atoms with Crippen molar-refractivity contribution in [3.05, 3.63) is 35.7 Å². The summed E-state index contributed by atoms with van der Waals surface area (Å²) in [5.41, 5.74) is 0.604. The number of ether oxygens (including phenoxy) is 1. The maximum Gasteiger partial charge on any atom is 0.251 e. The van der Waals surface area contributed by atoms with E-state index in [0.29, 0.717) is 23.8 Å². The largest absolute Gasteiger partial charge is 0.497 e. The minimum absolute atomic E-state index is 0.0904. The van der Waals surface area contributed by atoms with Crippen LogP contribution in [0.25, 0.3) is 0 Å². The number of benzene rings is 1. The predicted molar refractivity (Wildman–Crippen MR) is 100 cm³/mol. The van der Waals surface area contributed by atoms with E-state index < -0.39 is 0 Å². The van der Waals surface area contributed by atoms with Crippen LogP contribution in [0, 0.1) is 5.92 Å². The van der Waals surface area contributed by atoms with E-state index >= 15 is 0 Å². The number of thioether (sulfide) groups is 1. The minimum atomic E-state index is -0.0904. The van der Waals surface area contributed by atoms with Crippen LogP contribution in [-0.2, 0) is 13.0 Å². The van der Waals surface area contributed by atoms with Gasteiger partial charge in [-0.15, -0.1) is 10.2 Å². The molecule has 6 nitrogen and oxygen atoms in total. The van der Waals surface area contributed by atoms with E-state index in [2.05, 4.69) is 33.9 Å². The second kappa shape index (κ2) is 9.46. The zero-order valence-corrected chi connectivity index (χ0v) is 16.1. The molecule has 0 saturated carbocycles. The lowest BCUT2D eigenvalue weighted by Crippen LogP contribution is -2.25. The fourth-order valence-electron chi connectivity index (χ4n) is 2.52. The number of hydrogen-bond acceptors (Lipinski definition) is 5. The summed E-state index contributed by atoms with van der Waals surface area (Å²) in [5.74, 6) is 2.11. The van der Waals surface area contributed by atoms with Crippen LogP contribution in [0.4, 0.5) is 0 Å². The van der Waals surface area contributed by atoms with Crippen molar-refractivity contribution < 1.29 is 9.53 Å². The maximum atomic E-state index is 12.2. The Balaban J connectivity index is 1.86. The Morgan fingerprint density at radius 1 is 1.36 bits per heavy atom. The number of carbonyl (C=O) groups is 1. The molecule has 0 fully saturated rings. The summed E-state index contributed by atoms with van der Waals surface area (Å²) in [5, 5.41) is 12.4. The van der Waals surface area contributed by atoms with Gasteiger partial charge in [0.05, 0.1) is 7.11 Å². The Morgan fingerprint density at radius 2 is 2.16 bits per heavy atom. The van der Waals surface area contributed by atoms with Crippen molar-refractivity contribution in [2.75, 3.05) is 19.9 Å². The molecular weight excluding hydrogens is 336 g/mol. The highest BCUT2D eigenvalue weighted by atomic mass is 32.2. The quantitative estimate of drug-likeness (QED) is 0.548. The number of nitrogens with zero attached hydrogens (tertiary/aromatic N) is 3. The average Bonchev–Trinajstić information content (AvgIpc) is 2.99. The standard InChI is InChI=1S/C18H26N4O2S/c1-13(2)12-22-16(20-21-18(22)25-4)9-6-10-19-17(23)14-7-5-8-15(11-14)24-3/h5,7-8,11,13H,6,9-10,12H2,1-4H3,(H,19,23). The number of amides is 1. The number of hydrogen-bond donors (Lipinski definition) is 1. The Labute approximate surface area is 153 Å². The number of rotatable bonds is 9. The lowest BCUT2D eigenvalue weighted by Gasteiger charge is -2.12. The monoisotopic (exact) mass is 362 g/mol. The second-order valence-corrected chi connectivity index (χ2v) is 6.97. The third kappa shape index (κ3) is 5.49. The van der Waals surface area contributed by atoms with E-state index in [4.69, 9.17) is 4.74 Å². The number of aryl methyl sites for hydroxylation is 1. The number of aromatic nitrogens is 3. The van der Waals surface area contributed by atoms with Gasteiger partial charge >= 0.3 is 0 Å². The summed E-state index contributed by atoms with van der Waals surface area (Å²) < 4.78 is 7.33. The lowest BCUT2D eigenvalue weighted by atomic mass is 10.2. The topological polar surface area (TPSA) is 69.0 Å². The molecule has 2 aromatic rings. The van der Waals surface area contributed by atoms with Crippen molar-refractivity contribution >= 4 is 17.7 Å². The molecule has 0 unspecified atom stereocenters. The Hall–Kier alpha value is -2.02. The first-order valence-corrected chi connectivity index (χ1v) is 9.66. The smallest absolute Gasteiger partial charge is 0.251 e. The van der Waals surface area contributed by atoms with Crippen LogP contribution in [0.15, 0.2) is 29.4 Å². The summed E-state index contributed by atoms with van der Waals surface area (Å²) in [6.45, 7) is 5.87. The summed E-state index contributed by atoms with van der Waals surface area (Å²) in [7, 11) is 1.59. The third-order valence-electron chi connectivity index (χ3n) is 3.72. The predicted octanol–water partition coefficient (Wildman–Crippen LogP) is 3.03. The van der Waals surface area contributed by atoms with Gasteiger partial charge in [0.2, 0.25) is 0 Å². The summed E-state index contributed by atoms with van der Waals surface area (Å²) in [6, 6.07) is 7.15. The van der Waals surface area contributed by atoms with Gasteiger partial charge in [-0.1, -0.05) is 31.7 Å². The Morgan fingerprint density at radius 3 is 2.84 bits per heavy atom. The molecule has 1 aromatic heterocycles. The number of nitrogens with one attached hydrogen (secondary N) is 1. The van der Waals surface area contributed by atoms with E-state index in [1.807, 2.05) is 18.4 Å². The first kappa shape index (κ1) is 19.3. The van der Waals surface area contributed by atoms with Crippen LogP contribution >= 0.6 is 11.8 Å². The van der Waals surface area contributed by atoms with Gasteiger partial charge in [-0.25, -0.2) is 0 Å². The molecule has 1 heterocycles. The number of carbonyl (C=O) groups excluding carboxylic acids is 1. The minimum Gasteiger partial charge on any atom is -0.497 e. The second-order valence-electron chi connectivity index (χ2n) is 6.20. The van der Waals surface area contributed by atoms with Crippen molar-refractivity contribution in [3.8, 4) is 5.75 Å². The molecule has 0 bridgehead atoms. The van der Waals surface area contributed by atoms with Crippen LogP contribution < -0.4 is 10.1 Å². The summed E-state index contributed by atoms with van der Waals surface area (Å²) in [4.78, 5) is 12.2. The number of methoxy groups -OCH3 is 1. The molecule has 0 saturated heterocycles. The molecule has 0 spiro atoms. The van der Waals surface area contributed by atoms with Crippen LogP contribution in [0.3, 0.4) is 0 Å². The zero-order valence-electron chi connectivity index (χ0n) is 15.3. The van der Waals surface area contributed by atoms with Crippen molar-refractivity contribution in [2.24, 2.45) is 5.92 Å². The average molecular weight is 362 g/mol. The van der Waals surface area contributed by atoms with Gasteiger partial charge in [0.1, 0.15) is 11.6 Å². The van der Waals surface area contributed by atoms with Gasteiger partial charge in [-0.3, -0.25) is 4.79 Å². The molecule has 7 heteroatoms. The molecule has 1 aromatic carbocycles. The zero-order chi connectivity index (χ0) is 18.2. The SMILES string of the molecule is COc1cccc(C(=O)NCCCc2nnc(SC)n2CC(C)C)c1. The van der Waals surface area contributed by atoms with E-state index in [1.165, 1.54) is 0 Å². The van der Waals surface area contributed by atoms with Crippen molar-refractivity contribution in [2.45, 2.75) is 38.4 Å².